The first kappa shape index (κ1) is 24.7. The van der Waals surface area contributed by atoms with Crippen LogP contribution in [0.25, 0.3) is 0 Å². The number of rotatable bonds is 7. The van der Waals surface area contributed by atoms with Gasteiger partial charge in [0.1, 0.15) is 17.6 Å². The van der Waals surface area contributed by atoms with Gasteiger partial charge in [-0.2, -0.15) is 0 Å². The number of aliphatic hydroxyl groups is 2. The molecule has 4 aliphatic rings. The molecule has 1 saturated heterocycles. The van der Waals surface area contributed by atoms with E-state index in [9.17, 15) is 29.7 Å². The topological polar surface area (TPSA) is 146 Å². The third-order valence-electron chi connectivity index (χ3n) is 8.37. The molecule has 1 amide bonds. The summed E-state index contributed by atoms with van der Waals surface area (Å²) in [6.45, 7) is 3.73. The average Bonchev–Trinajstić information content (AvgIpc) is 3.18. The van der Waals surface area contributed by atoms with Gasteiger partial charge >= 0.3 is 11.9 Å². The number of nitrogens with one attached hydrogen (secondary N) is 1. The number of nitrogens with zero attached hydrogens (tertiary/aromatic N) is 1. The lowest BCUT2D eigenvalue weighted by Crippen LogP contribution is -2.74. The van der Waals surface area contributed by atoms with Gasteiger partial charge in [-0.25, -0.2) is 4.79 Å². The Balaban J connectivity index is 1.48. The van der Waals surface area contributed by atoms with E-state index in [0.29, 0.717) is 30.7 Å². The van der Waals surface area contributed by atoms with E-state index >= 15 is 0 Å². The monoisotopic (exact) mass is 500 g/mol. The second-order valence-electron chi connectivity index (χ2n) is 10.6. The Bertz CT molecular complexity index is 1160. The zero-order valence-corrected chi connectivity index (χ0v) is 20.6. The highest BCUT2D eigenvalue weighted by atomic mass is 16.6. The minimum atomic E-state index is -1.43. The Morgan fingerprint density at radius 2 is 2.06 bits per heavy atom. The molecular formula is C26H32N2O8. The standard InChI is InChI=1S/C26H32N2O8/c1-13(2)23(31)27-16(24(32)33)11-19(30)35-17-6-7-26(34)18-10-14-4-5-15(12-29)21-20(14)25(26,22(17)36-21)8-9-28(18)3/h4-6,13,16,18,22,29,34H,7-12H2,1-3H3,(H,27,31)(H,32,33)/t16-,18+,22?,25?,26+/m0/s1. The zero-order chi connectivity index (χ0) is 26.0. The van der Waals surface area contributed by atoms with Gasteiger partial charge in [-0.1, -0.05) is 26.0 Å². The molecule has 1 aromatic carbocycles. The van der Waals surface area contributed by atoms with Crippen molar-refractivity contribution in [1.82, 2.24) is 10.2 Å². The number of carbonyl (C=O) groups is 3. The van der Waals surface area contributed by atoms with Crippen molar-refractivity contribution >= 4 is 17.8 Å². The number of piperidine rings is 1. The number of esters is 1. The summed E-state index contributed by atoms with van der Waals surface area (Å²) in [4.78, 5) is 38.7. The van der Waals surface area contributed by atoms with Crippen LogP contribution < -0.4 is 10.1 Å². The number of likely N-dealkylation sites (N-methyl/N-ethyl adjacent to an activating group) is 1. The number of carbonyl (C=O) groups excluding carboxylic acids is 2. The molecule has 36 heavy (non-hydrogen) atoms. The lowest BCUT2D eigenvalue weighted by Gasteiger charge is -2.61. The van der Waals surface area contributed by atoms with Crippen LogP contribution in [0.2, 0.25) is 0 Å². The van der Waals surface area contributed by atoms with Crippen LogP contribution in [0.3, 0.4) is 0 Å². The average molecular weight is 501 g/mol. The van der Waals surface area contributed by atoms with Crippen molar-refractivity contribution in [2.45, 2.75) is 75.3 Å². The van der Waals surface area contributed by atoms with Gasteiger partial charge in [0.05, 0.1) is 24.0 Å². The third-order valence-corrected chi connectivity index (χ3v) is 8.37. The SMILES string of the molecule is CC(C)C(=O)N[C@@H](CC(=O)OC1=CC[C@@]2(O)[C@H]3Cc4ccc(CO)c5c4C2(CCN3C)C1O5)C(=O)O. The summed E-state index contributed by atoms with van der Waals surface area (Å²) in [7, 11) is 1.99. The maximum Gasteiger partial charge on any atom is 0.326 e. The molecule has 194 valence electrons. The summed E-state index contributed by atoms with van der Waals surface area (Å²) in [5, 5.41) is 34.0. The predicted molar refractivity (Wildman–Crippen MR) is 126 cm³/mol. The summed E-state index contributed by atoms with van der Waals surface area (Å²) in [5.74, 6) is -2.32. The fourth-order valence-corrected chi connectivity index (χ4v) is 6.51. The van der Waals surface area contributed by atoms with Crippen molar-refractivity contribution in [3.8, 4) is 5.75 Å². The first-order valence-electron chi connectivity index (χ1n) is 12.3. The molecule has 2 bridgehead atoms. The highest BCUT2D eigenvalue weighted by Crippen LogP contribution is 2.64. The molecule has 5 rings (SSSR count). The second kappa shape index (κ2) is 8.57. The van der Waals surface area contributed by atoms with Gasteiger partial charge in [0, 0.05) is 29.5 Å². The molecule has 2 aliphatic heterocycles. The first-order valence-corrected chi connectivity index (χ1v) is 12.3. The second-order valence-corrected chi connectivity index (χ2v) is 10.6. The van der Waals surface area contributed by atoms with Gasteiger partial charge in [0.25, 0.3) is 0 Å². The molecule has 0 aromatic heterocycles. The zero-order valence-electron chi connectivity index (χ0n) is 20.6. The molecule has 5 atom stereocenters. The van der Waals surface area contributed by atoms with E-state index in [-0.39, 0.29) is 24.8 Å². The van der Waals surface area contributed by atoms with Crippen molar-refractivity contribution in [2.75, 3.05) is 13.6 Å². The van der Waals surface area contributed by atoms with Crippen LogP contribution in [0.4, 0.5) is 0 Å². The van der Waals surface area contributed by atoms with Crippen LogP contribution in [-0.2, 0) is 37.6 Å². The Morgan fingerprint density at radius 1 is 1.31 bits per heavy atom. The summed E-state index contributed by atoms with van der Waals surface area (Å²) in [6, 6.07) is 2.21. The summed E-state index contributed by atoms with van der Waals surface area (Å²) < 4.78 is 12.1. The number of hydrogen-bond donors (Lipinski definition) is 4. The fourth-order valence-electron chi connectivity index (χ4n) is 6.51. The quantitative estimate of drug-likeness (QED) is 0.396. The number of amides is 1. The Kier molecular flexibility index (Phi) is 5.89. The number of hydrogen-bond acceptors (Lipinski definition) is 8. The molecular weight excluding hydrogens is 468 g/mol. The molecule has 4 N–H and O–H groups in total. The van der Waals surface area contributed by atoms with Gasteiger partial charge in [-0.05, 0) is 38.1 Å². The highest BCUT2D eigenvalue weighted by molar-refractivity contribution is 5.88. The van der Waals surface area contributed by atoms with Crippen LogP contribution in [0, 0.1) is 5.92 Å². The maximum absolute atomic E-state index is 12.9. The van der Waals surface area contributed by atoms with Crippen molar-refractivity contribution in [1.29, 1.82) is 0 Å². The smallest absolute Gasteiger partial charge is 0.326 e. The number of aliphatic carboxylic acids is 1. The van der Waals surface area contributed by atoms with Gasteiger partial charge < -0.3 is 35.0 Å². The summed E-state index contributed by atoms with van der Waals surface area (Å²) >= 11 is 0. The van der Waals surface area contributed by atoms with Gasteiger partial charge in [0.15, 0.2) is 6.10 Å². The Labute approximate surface area is 208 Å². The lowest BCUT2D eigenvalue weighted by atomic mass is 9.50. The van der Waals surface area contributed by atoms with E-state index in [2.05, 4.69) is 10.2 Å². The summed E-state index contributed by atoms with van der Waals surface area (Å²) in [5.41, 5.74) is 0.494. The molecule has 0 radical (unpaired) electrons. The molecule has 2 unspecified atom stereocenters. The molecule has 1 aromatic rings. The highest BCUT2D eigenvalue weighted by Gasteiger charge is 2.71. The van der Waals surface area contributed by atoms with Crippen LogP contribution in [-0.4, -0.2) is 75.4 Å². The van der Waals surface area contributed by atoms with Crippen LogP contribution in [0.5, 0.6) is 5.75 Å². The fraction of sp³-hybridized carbons (Fsp3) is 0.577. The van der Waals surface area contributed by atoms with Gasteiger partial charge in [-0.15, -0.1) is 0 Å². The lowest BCUT2D eigenvalue weighted by molar-refractivity contribution is -0.169. The molecule has 2 heterocycles. The first-order chi connectivity index (χ1) is 17.0. The number of ether oxygens (including phenoxy) is 2. The van der Waals surface area contributed by atoms with E-state index < -0.39 is 53.3 Å². The van der Waals surface area contributed by atoms with Crippen molar-refractivity contribution in [3.63, 3.8) is 0 Å². The van der Waals surface area contributed by atoms with Crippen LogP contribution in [0.1, 0.15) is 49.8 Å². The molecule has 0 saturated carbocycles. The van der Waals surface area contributed by atoms with Crippen LogP contribution in [0.15, 0.2) is 24.0 Å². The minimum Gasteiger partial charge on any atom is -0.481 e. The number of likely N-dealkylation sites (tertiary alicyclic amines) is 1. The Hall–Kier alpha value is -2.95. The van der Waals surface area contributed by atoms with E-state index in [0.717, 1.165) is 11.1 Å². The minimum absolute atomic E-state index is 0.160. The van der Waals surface area contributed by atoms with Crippen molar-refractivity contribution < 1.29 is 39.2 Å². The van der Waals surface area contributed by atoms with E-state index in [4.69, 9.17) is 9.47 Å². The van der Waals surface area contributed by atoms with E-state index in [1.807, 2.05) is 19.2 Å². The third kappa shape index (κ3) is 3.38. The maximum atomic E-state index is 12.9. The van der Waals surface area contributed by atoms with Crippen molar-refractivity contribution in [2.24, 2.45) is 5.92 Å². The molecule has 10 heteroatoms. The molecule has 1 fully saturated rings. The number of carboxylic acid groups (broad SMARTS) is 1. The molecule has 10 nitrogen and oxygen atoms in total. The Morgan fingerprint density at radius 3 is 2.72 bits per heavy atom. The molecule has 2 aliphatic carbocycles. The largest absolute Gasteiger partial charge is 0.481 e. The number of benzene rings is 1. The van der Waals surface area contributed by atoms with E-state index in [1.54, 1.807) is 19.9 Å². The predicted octanol–water partition coefficient (Wildman–Crippen LogP) is 0.615. The van der Waals surface area contributed by atoms with E-state index in [1.165, 1.54) is 0 Å². The van der Waals surface area contributed by atoms with Gasteiger partial charge in [-0.3, -0.25) is 9.59 Å². The molecule has 1 spiro atoms. The van der Waals surface area contributed by atoms with Gasteiger partial charge in [0.2, 0.25) is 5.91 Å². The summed E-state index contributed by atoms with van der Waals surface area (Å²) in [6.07, 6.45) is 1.74. The number of carboxylic acids is 1. The normalized spacial score (nSPS) is 30.7. The number of aliphatic hydroxyl groups excluding tert-OH is 1. The van der Waals surface area contributed by atoms with Crippen LogP contribution >= 0.6 is 0 Å². The van der Waals surface area contributed by atoms with Crippen molar-refractivity contribution in [3.05, 3.63) is 40.7 Å².